The van der Waals surface area contributed by atoms with Gasteiger partial charge in [0.25, 0.3) is 0 Å². The van der Waals surface area contributed by atoms with Crippen molar-refractivity contribution >= 4 is 98.8 Å². The van der Waals surface area contributed by atoms with Crippen LogP contribution in [0, 0.1) is 17.8 Å². The van der Waals surface area contributed by atoms with Gasteiger partial charge in [-0.25, -0.2) is 46.9 Å². The Morgan fingerprint density at radius 3 is 1.31 bits per heavy atom. The number of carbonyl (C=O) groups excluding carboxylic acids is 7. The van der Waals surface area contributed by atoms with E-state index in [1.807, 2.05) is 84.9 Å². The van der Waals surface area contributed by atoms with E-state index in [0.29, 0.717) is 75.7 Å². The monoisotopic (exact) mass is 1770 g/mol. The predicted octanol–water partition coefficient (Wildman–Crippen LogP) is 1.59. The molecule has 3 fully saturated rings. The number of carbonyl (C=O) groups is 13. The van der Waals surface area contributed by atoms with Crippen LogP contribution in [-0.2, 0) is 87.9 Å². The van der Waals surface area contributed by atoms with E-state index in [1.165, 1.54) is 12.4 Å². The van der Waals surface area contributed by atoms with Gasteiger partial charge in [-0.05, 0) is 148 Å². The van der Waals surface area contributed by atoms with Crippen molar-refractivity contribution in [1.82, 2.24) is 72.5 Å². The zero-order valence-corrected chi connectivity index (χ0v) is 68.9. The SMILES string of the molecule is O=C(O)CCC(NC(=O)NC(CCCCNC(=O)C(CC(=O)CCCc1cn(C2OC(CO)C(O)C(O)C2[18F])nn1)Cc1ccc2ccccc2c1)C(=O)O)C(=O)O.O=C(O)CCC(NC(=O)NC(CCCCNC(=O)C(Cc1ccc2ccccc2c1)NC(=O)C1CCC(CNC(=O)CCCc2cn(C3OC(CO)C(O)C(O)C3[18F])nn2)CC1)C(=O)O)C(=O)O. The first-order chi connectivity index (χ1) is 60.2. The van der Waals surface area contributed by atoms with Crippen LogP contribution in [0.4, 0.5) is 18.4 Å². The molecule has 4 heterocycles. The number of carboxylic acid groups (broad SMARTS) is 6. The van der Waals surface area contributed by atoms with E-state index in [1.54, 1.807) is 0 Å². The number of aliphatic hydroxyl groups is 6. The molecule has 1 saturated carbocycles. The quantitative estimate of drug-likeness (QED) is 0.0241. The van der Waals surface area contributed by atoms with Crippen molar-refractivity contribution in [3.05, 3.63) is 120 Å². The molecule has 41 nitrogen and oxygen atoms in total. The van der Waals surface area contributed by atoms with E-state index in [-0.39, 0.29) is 113 Å². The maximum absolute atomic E-state index is 14.7. The molecule has 0 radical (unpaired) electrons. The molecule has 0 spiro atoms. The lowest BCUT2D eigenvalue weighted by Crippen LogP contribution is -2.55. The number of ketones is 1. The van der Waals surface area contributed by atoms with Crippen molar-refractivity contribution in [3.8, 4) is 0 Å². The number of nitrogens with zero attached hydrogens (tertiary/aromatic N) is 6. The molecule has 2 aliphatic heterocycles. The number of unbranched alkanes of at least 4 members (excludes halogenated alkanes) is 2. The highest BCUT2D eigenvalue weighted by Gasteiger charge is 2.48. The van der Waals surface area contributed by atoms with E-state index in [4.69, 9.17) is 19.7 Å². The molecule has 1 aliphatic carbocycles. The van der Waals surface area contributed by atoms with Gasteiger partial charge in [0.15, 0.2) is 24.8 Å². The molecular formula is C83H110F2N14O27. The Hall–Kier alpha value is -11.9. The van der Waals surface area contributed by atoms with Crippen LogP contribution in [0.1, 0.15) is 157 Å². The van der Waals surface area contributed by atoms with Gasteiger partial charge < -0.3 is 113 Å². The number of aromatic nitrogens is 6. The van der Waals surface area contributed by atoms with Crippen LogP contribution in [0.5, 0.6) is 0 Å². The minimum Gasteiger partial charge on any atom is -0.481 e. The Balaban J connectivity index is 0.000000316. The van der Waals surface area contributed by atoms with Gasteiger partial charge in [0.1, 0.15) is 72.6 Å². The highest BCUT2D eigenvalue weighted by molar-refractivity contribution is 5.91. The standard InChI is InChI=1S/C45H61FN8O14.C38H49FN6O13/c46-37-39(60)38(59)34(24-55)68-42(37)54-23-30(52-53-54)8-5-10-35(56)48-22-25-11-15-28(16-12-25)40(61)49-33(21-26-13-14-27-6-1-2-7-29(27)20-26)41(62)47-19-4-3-9-31(43(63)64)50-45(67)51-32(44(65)66)17-18-36(57)58;39-31-33(51)32(50)29(20-46)58-35(31)45-19-25(43-44-45)8-5-9-26(47)18-24(17-21-11-12-22-6-1-2-7-23(22)16-21)34(52)40-15-4-3-10-27(36(53)54)41-38(57)42-28(37(55)56)13-14-30(48)49/h1-2,6-7,13-14,20,23,25,28,31-34,37-39,42,55,59-60H,3-5,8-12,15-19,21-22,24H2,(H,47,62)(H,48,56)(H,49,61)(H,57,58)(H,63,64)(H,65,66)(H2,50,51,67);1-2,6-7,11-12,16,19,24,27-29,31-33,35,46,50-51H,3-5,8-10,13-15,17-18,20H2,(H,40,52)(H,48,49)(H,53,54)(H,55,56)(H2,41,42,57)/i46-1;39-1. The van der Waals surface area contributed by atoms with Gasteiger partial charge in [0.2, 0.25) is 23.6 Å². The largest absolute Gasteiger partial charge is 0.481 e. The van der Waals surface area contributed by atoms with Crippen molar-refractivity contribution < 1.29 is 142 Å². The fourth-order valence-corrected chi connectivity index (χ4v) is 14.8. The van der Waals surface area contributed by atoms with Crippen molar-refractivity contribution in [2.24, 2.45) is 17.8 Å². The van der Waals surface area contributed by atoms with Crippen LogP contribution >= 0.6 is 0 Å². The Kier molecular flexibility index (Phi) is 39.3. The van der Waals surface area contributed by atoms with Crippen LogP contribution in [-0.4, -0.2) is 281 Å². The number of Topliss-reactive ketones (excluding diaryl/α,β-unsaturated/α-hetero) is 1. The van der Waals surface area contributed by atoms with Gasteiger partial charge >= 0.3 is 47.9 Å². The van der Waals surface area contributed by atoms with Gasteiger partial charge in [0.05, 0.1) is 37.0 Å². The van der Waals surface area contributed by atoms with E-state index in [0.717, 1.165) is 42.0 Å². The summed E-state index contributed by atoms with van der Waals surface area (Å²) in [6.07, 6.45) is -9.81. The average Bonchev–Trinajstić information content (AvgIpc) is 1.60. The zero-order chi connectivity index (χ0) is 91.7. The zero-order valence-electron chi connectivity index (χ0n) is 68.9. The summed E-state index contributed by atoms with van der Waals surface area (Å²) in [5.41, 5.74) is 2.51. The maximum atomic E-state index is 14.7. The summed E-state index contributed by atoms with van der Waals surface area (Å²) in [5.74, 6) is -10.7. The number of hydrogen-bond acceptors (Lipinski definition) is 25. The van der Waals surface area contributed by atoms with E-state index >= 15 is 0 Å². The van der Waals surface area contributed by atoms with Crippen molar-refractivity contribution in [1.29, 1.82) is 0 Å². The summed E-state index contributed by atoms with van der Waals surface area (Å²) in [7, 11) is 0. The number of hydrogen-bond donors (Lipinski definition) is 20. The third-order valence-electron chi connectivity index (χ3n) is 22.0. The smallest absolute Gasteiger partial charge is 0.326 e. The second-order valence-corrected chi connectivity index (χ2v) is 31.5. The number of benzene rings is 4. The summed E-state index contributed by atoms with van der Waals surface area (Å²) in [6, 6.07) is 18.0. The summed E-state index contributed by atoms with van der Waals surface area (Å²) in [6.45, 7) is -0.615. The molecule has 2 saturated heterocycles. The van der Waals surface area contributed by atoms with Gasteiger partial charge in [-0.15, -0.1) is 10.2 Å². The number of amides is 8. The number of ether oxygens (including phenoxy) is 2. The Morgan fingerprint density at radius 1 is 0.452 bits per heavy atom. The molecule has 3 aliphatic rings. The molecule has 43 heteroatoms. The number of carboxylic acids is 6. The fraction of sp³-hybridized carbons (Fsp3) is 0.554. The molecule has 16 unspecified atom stereocenters. The summed E-state index contributed by atoms with van der Waals surface area (Å²) < 4.78 is 42.3. The molecule has 4 aromatic carbocycles. The Bertz CT molecular complexity index is 4670. The van der Waals surface area contributed by atoms with Gasteiger partial charge in [-0.1, -0.05) is 95.4 Å². The van der Waals surface area contributed by atoms with E-state index in [9.17, 15) is 122 Å². The fourth-order valence-electron chi connectivity index (χ4n) is 14.8. The summed E-state index contributed by atoms with van der Waals surface area (Å²) in [4.78, 5) is 159. The Labute approximate surface area is 720 Å². The lowest BCUT2D eigenvalue weighted by atomic mass is 9.81. The normalized spacial score (nSPS) is 21.8. The average molecular weight is 1770 g/mol. The molecule has 6 aromatic rings. The number of fused-ring (bicyclic) bond motifs is 2. The third-order valence-corrected chi connectivity index (χ3v) is 22.0. The van der Waals surface area contributed by atoms with Crippen LogP contribution in [0.3, 0.4) is 0 Å². The van der Waals surface area contributed by atoms with Crippen molar-refractivity contribution in [2.75, 3.05) is 32.8 Å². The van der Waals surface area contributed by atoms with Crippen LogP contribution in [0.25, 0.3) is 21.5 Å². The Morgan fingerprint density at radius 2 is 0.873 bits per heavy atom. The molecule has 126 heavy (non-hydrogen) atoms. The van der Waals surface area contributed by atoms with Crippen LogP contribution in [0.2, 0.25) is 0 Å². The van der Waals surface area contributed by atoms with Crippen molar-refractivity contribution in [2.45, 2.75) is 239 Å². The predicted molar refractivity (Wildman–Crippen MR) is 437 cm³/mol. The topological polar surface area (TPSA) is 641 Å². The number of rotatable bonds is 48. The first-order valence-corrected chi connectivity index (χ1v) is 41.6. The third kappa shape index (κ3) is 31.1. The number of aliphatic hydroxyl groups excluding tert-OH is 6. The summed E-state index contributed by atoms with van der Waals surface area (Å²) in [5, 5.41) is 154. The van der Waals surface area contributed by atoms with E-state index in [2.05, 4.69) is 63.2 Å². The highest BCUT2D eigenvalue weighted by atomic mass is 18.2. The second kappa shape index (κ2) is 49.7. The minimum absolute atomic E-state index is 0.0593. The number of halogens is 2. The molecule has 9 rings (SSSR count). The van der Waals surface area contributed by atoms with Crippen LogP contribution < -0.4 is 42.5 Å². The number of alkyl halides is 2. The van der Waals surface area contributed by atoms with Gasteiger partial charge in [-0.2, -0.15) is 0 Å². The first kappa shape index (κ1) is 99.6. The molecule has 20 N–H and O–H groups in total. The molecule has 8 amide bonds. The van der Waals surface area contributed by atoms with Crippen LogP contribution in [0.15, 0.2) is 97.3 Å². The molecule has 16 atom stereocenters. The summed E-state index contributed by atoms with van der Waals surface area (Å²) >= 11 is 0. The number of aliphatic carboxylic acids is 6. The molecule has 688 valence electrons. The molecule has 2 aromatic heterocycles. The first-order valence-electron chi connectivity index (χ1n) is 41.6. The molecular weight excluding hydrogens is 1660 g/mol. The van der Waals surface area contributed by atoms with Crippen molar-refractivity contribution in [3.63, 3.8) is 0 Å². The highest BCUT2D eigenvalue weighted by Crippen LogP contribution is 2.34. The number of nitrogens with one attached hydrogen (secondary N) is 8. The molecule has 0 bridgehead atoms. The van der Waals surface area contributed by atoms with Gasteiger partial charge in [0, 0.05) is 70.0 Å². The van der Waals surface area contributed by atoms with Gasteiger partial charge in [-0.3, -0.25) is 33.6 Å². The lowest BCUT2D eigenvalue weighted by Gasteiger charge is -2.38. The number of urea groups is 2. The lowest BCUT2D eigenvalue weighted by molar-refractivity contribution is -0.237. The maximum Gasteiger partial charge on any atom is 0.326 e. The van der Waals surface area contributed by atoms with E-state index < -0.39 is 190 Å². The number of aryl methyl sites for hydroxylation is 2. The minimum atomic E-state index is -2.05. The second-order valence-electron chi connectivity index (χ2n) is 31.5.